The lowest BCUT2D eigenvalue weighted by atomic mass is 10.2. The number of H-pyrrole nitrogens is 1. The Morgan fingerprint density at radius 1 is 1.57 bits per heavy atom. The number of rotatable bonds is 2. The highest BCUT2D eigenvalue weighted by Gasteiger charge is 2.14. The van der Waals surface area contributed by atoms with Crippen molar-refractivity contribution in [3.8, 4) is 0 Å². The van der Waals surface area contributed by atoms with Gasteiger partial charge < -0.3 is 9.72 Å². The van der Waals surface area contributed by atoms with Gasteiger partial charge in [0.1, 0.15) is 5.69 Å². The fourth-order valence-electron chi connectivity index (χ4n) is 0.881. The summed E-state index contributed by atoms with van der Waals surface area (Å²) in [6, 6.07) is 0.785. The largest absolute Gasteiger partial charge is 0.464 e. The monoisotopic (exact) mass is 203 g/mol. The van der Waals surface area contributed by atoms with Crippen molar-refractivity contribution in [3.63, 3.8) is 0 Å². The van der Waals surface area contributed by atoms with Gasteiger partial charge in [-0.05, 0) is 0 Å². The maximum Gasteiger partial charge on any atom is 0.354 e. The van der Waals surface area contributed by atoms with Gasteiger partial charge in [-0.2, -0.15) is 0 Å². The van der Waals surface area contributed by atoms with Gasteiger partial charge in [0, 0.05) is 12.3 Å². The first-order valence-corrected chi connectivity index (χ1v) is 3.65. The molecule has 1 aromatic rings. The maximum atomic E-state index is 12.1. The van der Waals surface area contributed by atoms with Gasteiger partial charge in [0.25, 0.3) is 6.43 Å². The molecular weight excluding hydrogens is 196 g/mol. The molecule has 1 N–H and O–H groups in total. The maximum absolute atomic E-state index is 12.1. The molecule has 1 heterocycles. The van der Waals surface area contributed by atoms with Crippen molar-refractivity contribution >= 4 is 5.97 Å². The molecular formula is C8H7F2NO3. The van der Waals surface area contributed by atoms with E-state index in [-0.39, 0.29) is 5.69 Å². The molecule has 0 fully saturated rings. The van der Waals surface area contributed by atoms with Crippen LogP contribution in [0.1, 0.15) is 22.5 Å². The zero-order valence-electron chi connectivity index (χ0n) is 7.21. The third kappa shape index (κ3) is 1.95. The number of pyridine rings is 1. The van der Waals surface area contributed by atoms with Crippen LogP contribution in [-0.2, 0) is 4.74 Å². The number of ether oxygens (including phenoxy) is 1. The highest BCUT2D eigenvalue weighted by Crippen LogP contribution is 2.13. The number of nitrogens with one attached hydrogen (secondary N) is 1. The molecule has 0 saturated carbocycles. The number of hydrogen-bond acceptors (Lipinski definition) is 3. The van der Waals surface area contributed by atoms with Gasteiger partial charge in [0.05, 0.1) is 12.7 Å². The van der Waals surface area contributed by atoms with Gasteiger partial charge in [-0.15, -0.1) is 0 Å². The molecule has 6 heteroatoms. The average molecular weight is 203 g/mol. The summed E-state index contributed by atoms with van der Waals surface area (Å²) < 4.78 is 28.5. The quantitative estimate of drug-likeness (QED) is 0.732. The first-order chi connectivity index (χ1) is 6.56. The van der Waals surface area contributed by atoms with Crippen LogP contribution in [0.25, 0.3) is 0 Å². The highest BCUT2D eigenvalue weighted by atomic mass is 19.3. The number of alkyl halides is 2. The molecule has 1 rings (SSSR count). The van der Waals surface area contributed by atoms with Gasteiger partial charge in [-0.3, -0.25) is 4.79 Å². The number of halogens is 2. The van der Waals surface area contributed by atoms with E-state index in [1.807, 2.05) is 0 Å². The number of aromatic nitrogens is 1. The molecule has 4 nitrogen and oxygen atoms in total. The van der Waals surface area contributed by atoms with Crippen LogP contribution in [0, 0.1) is 0 Å². The van der Waals surface area contributed by atoms with Crippen LogP contribution in [0.2, 0.25) is 0 Å². The Hall–Kier alpha value is -1.72. The van der Waals surface area contributed by atoms with E-state index in [2.05, 4.69) is 9.72 Å². The molecule has 0 atom stereocenters. The average Bonchev–Trinajstić information content (AvgIpc) is 2.15. The number of carbonyl (C=O) groups excluding carboxylic acids is 1. The number of hydrogen-bond donors (Lipinski definition) is 1. The predicted molar refractivity (Wildman–Crippen MR) is 43.4 cm³/mol. The van der Waals surface area contributed by atoms with E-state index in [0.29, 0.717) is 0 Å². The second kappa shape index (κ2) is 3.99. The summed E-state index contributed by atoms with van der Waals surface area (Å²) in [5, 5.41) is 0. The minimum atomic E-state index is -2.86. The summed E-state index contributed by atoms with van der Waals surface area (Å²) in [6.07, 6.45) is -2.05. The third-order valence-corrected chi connectivity index (χ3v) is 1.58. The molecule has 0 spiro atoms. The van der Waals surface area contributed by atoms with Crippen molar-refractivity contribution in [1.82, 2.24) is 4.98 Å². The van der Waals surface area contributed by atoms with Crippen LogP contribution in [0.15, 0.2) is 17.1 Å². The number of esters is 1. The summed E-state index contributed by atoms with van der Waals surface area (Å²) in [5.41, 5.74) is -1.71. The number of carbonyl (C=O) groups is 1. The molecule has 0 radical (unpaired) electrons. The topological polar surface area (TPSA) is 59.2 Å². The second-order valence-electron chi connectivity index (χ2n) is 2.46. The molecule has 0 amide bonds. The van der Waals surface area contributed by atoms with Gasteiger partial charge in [-0.1, -0.05) is 0 Å². The summed E-state index contributed by atoms with van der Waals surface area (Å²) in [6.45, 7) is 0. The van der Waals surface area contributed by atoms with Crippen molar-refractivity contribution in [2.24, 2.45) is 0 Å². The second-order valence-corrected chi connectivity index (χ2v) is 2.46. The molecule has 0 aliphatic heterocycles. The summed E-state index contributed by atoms with van der Waals surface area (Å²) >= 11 is 0. The first kappa shape index (κ1) is 10.4. The molecule has 0 unspecified atom stereocenters. The lowest BCUT2D eigenvalue weighted by Crippen LogP contribution is -2.14. The molecule has 0 aliphatic rings. The smallest absolute Gasteiger partial charge is 0.354 e. The van der Waals surface area contributed by atoms with E-state index < -0.39 is 23.4 Å². The third-order valence-electron chi connectivity index (χ3n) is 1.58. The van der Waals surface area contributed by atoms with E-state index in [0.717, 1.165) is 19.4 Å². The molecule has 0 aromatic carbocycles. The number of methoxy groups -OCH3 is 1. The van der Waals surface area contributed by atoms with Crippen LogP contribution in [0.5, 0.6) is 0 Å². The summed E-state index contributed by atoms with van der Waals surface area (Å²) in [7, 11) is 1.13. The lowest BCUT2D eigenvalue weighted by molar-refractivity contribution is 0.0593. The Morgan fingerprint density at radius 2 is 2.21 bits per heavy atom. The fourth-order valence-corrected chi connectivity index (χ4v) is 0.881. The number of aromatic amines is 1. The van der Waals surface area contributed by atoms with Gasteiger partial charge in [-0.25, -0.2) is 13.6 Å². The Morgan fingerprint density at radius 3 is 2.64 bits per heavy atom. The highest BCUT2D eigenvalue weighted by molar-refractivity contribution is 5.86. The standard InChI is InChI=1S/C8H7F2NO3/c1-14-8(13)5-2-6(12)4(3-11-5)7(9)10/h2-3,7H,1H3,(H,11,12). The minimum Gasteiger partial charge on any atom is -0.464 e. The van der Waals surface area contributed by atoms with Crippen molar-refractivity contribution in [3.05, 3.63) is 33.7 Å². The van der Waals surface area contributed by atoms with Crippen molar-refractivity contribution in [2.45, 2.75) is 6.43 Å². The van der Waals surface area contributed by atoms with Crippen LogP contribution >= 0.6 is 0 Å². The van der Waals surface area contributed by atoms with E-state index in [4.69, 9.17) is 0 Å². The molecule has 1 aromatic heterocycles. The minimum absolute atomic E-state index is 0.151. The van der Waals surface area contributed by atoms with Crippen molar-refractivity contribution in [2.75, 3.05) is 7.11 Å². The van der Waals surface area contributed by atoms with E-state index in [1.54, 1.807) is 0 Å². The molecule has 0 saturated heterocycles. The van der Waals surface area contributed by atoms with E-state index in [9.17, 15) is 18.4 Å². The zero-order chi connectivity index (χ0) is 10.7. The molecule has 0 aliphatic carbocycles. The molecule has 76 valence electrons. The summed E-state index contributed by atoms with van der Waals surface area (Å²) in [4.78, 5) is 24.1. The van der Waals surface area contributed by atoms with Crippen LogP contribution in [0.3, 0.4) is 0 Å². The van der Waals surface area contributed by atoms with E-state index >= 15 is 0 Å². The SMILES string of the molecule is COC(=O)c1cc(=O)c(C(F)F)c[nH]1. The van der Waals surface area contributed by atoms with E-state index in [1.165, 1.54) is 0 Å². The van der Waals surface area contributed by atoms with Gasteiger partial charge in [0.2, 0.25) is 0 Å². The van der Waals surface area contributed by atoms with Crippen LogP contribution in [0.4, 0.5) is 8.78 Å². The predicted octanol–water partition coefficient (Wildman–Crippen LogP) is 1.10. The normalized spacial score (nSPS) is 10.3. The van der Waals surface area contributed by atoms with Gasteiger partial charge >= 0.3 is 5.97 Å². The Balaban J connectivity index is 3.13. The Bertz CT molecular complexity index is 400. The summed E-state index contributed by atoms with van der Waals surface area (Å²) in [5.74, 6) is -0.775. The van der Waals surface area contributed by atoms with Crippen LogP contribution < -0.4 is 5.43 Å². The first-order valence-electron chi connectivity index (χ1n) is 3.65. The zero-order valence-corrected chi connectivity index (χ0v) is 7.21. The fraction of sp³-hybridized carbons (Fsp3) is 0.250. The Kier molecular flexibility index (Phi) is 2.95. The Labute approximate surface area is 77.5 Å². The van der Waals surface area contributed by atoms with Gasteiger partial charge in [0.15, 0.2) is 5.43 Å². The van der Waals surface area contributed by atoms with Crippen LogP contribution in [-0.4, -0.2) is 18.1 Å². The lowest BCUT2D eigenvalue weighted by Gasteiger charge is -2.01. The van der Waals surface area contributed by atoms with Crippen molar-refractivity contribution < 1.29 is 18.3 Å². The molecule has 0 bridgehead atoms. The van der Waals surface area contributed by atoms with Crippen molar-refractivity contribution in [1.29, 1.82) is 0 Å². The molecule has 14 heavy (non-hydrogen) atoms.